The van der Waals surface area contributed by atoms with E-state index in [1.807, 2.05) is 37.3 Å². The first-order valence-corrected chi connectivity index (χ1v) is 8.74. The molecule has 1 fully saturated rings. The molecule has 1 aliphatic rings. The van der Waals surface area contributed by atoms with Gasteiger partial charge in [-0.3, -0.25) is 4.79 Å². The van der Waals surface area contributed by atoms with E-state index in [0.29, 0.717) is 12.3 Å². The fraction of sp³-hybridized carbons (Fsp3) is 0.444. The van der Waals surface area contributed by atoms with Crippen LogP contribution in [0.25, 0.3) is 10.4 Å². The number of hydrogen-bond donors (Lipinski definition) is 1. The standard InChI is InChI=1S/C18H22N2O2S/c1-12-19-15(16(23-12)13-7-5-4-6-8-13)17(21)20-14-9-10-22-18(2,3)11-14/h4-8,14H,9-11H2,1-3H3,(H,20,21)/t14-/m1/s1. The number of amides is 1. The lowest BCUT2D eigenvalue weighted by Crippen LogP contribution is -2.46. The molecule has 1 aromatic heterocycles. The van der Waals surface area contributed by atoms with E-state index in [9.17, 15) is 4.79 Å². The monoisotopic (exact) mass is 330 g/mol. The number of rotatable bonds is 3. The number of thiazole rings is 1. The summed E-state index contributed by atoms with van der Waals surface area (Å²) < 4.78 is 5.72. The summed E-state index contributed by atoms with van der Waals surface area (Å²) >= 11 is 1.56. The molecule has 1 N–H and O–H groups in total. The maximum Gasteiger partial charge on any atom is 0.271 e. The van der Waals surface area contributed by atoms with Crippen molar-refractivity contribution in [2.75, 3.05) is 6.61 Å². The Morgan fingerprint density at radius 2 is 2.09 bits per heavy atom. The van der Waals surface area contributed by atoms with Crippen LogP contribution in [0.3, 0.4) is 0 Å². The number of benzene rings is 1. The summed E-state index contributed by atoms with van der Waals surface area (Å²) in [4.78, 5) is 18.1. The minimum absolute atomic E-state index is 0.0871. The van der Waals surface area contributed by atoms with Crippen LogP contribution >= 0.6 is 11.3 Å². The molecule has 0 unspecified atom stereocenters. The zero-order valence-electron chi connectivity index (χ0n) is 13.8. The molecule has 122 valence electrons. The highest BCUT2D eigenvalue weighted by Gasteiger charge is 2.30. The molecule has 0 saturated carbocycles. The van der Waals surface area contributed by atoms with Crippen molar-refractivity contribution in [1.29, 1.82) is 0 Å². The van der Waals surface area contributed by atoms with Crippen LogP contribution in [-0.4, -0.2) is 29.1 Å². The summed E-state index contributed by atoms with van der Waals surface area (Å²) in [6.45, 7) is 6.74. The third-order valence-electron chi connectivity index (χ3n) is 4.02. The number of aromatic nitrogens is 1. The molecule has 1 saturated heterocycles. The van der Waals surface area contributed by atoms with Crippen LogP contribution in [-0.2, 0) is 4.74 Å². The molecule has 4 nitrogen and oxygen atoms in total. The molecule has 2 heterocycles. The molecular formula is C18H22N2O2S. The zero-order chi connectivity index (χ0) is 16.4. The van der Waals surface area contributed by atoms with E-state index in [4.69, 9.17) is 4.74 Å². The minimum Gasteiger partial charge on any atom is -0.375 e. The largest absolute Gasteiger partial charge is 0.375 e. The number of aryl methyl sites for hydroxylation is 1. The van der Waals surface area contributed by atoms with Crippen molar-refractivity contribution in [2.45, 2.75) is 45.3 Å². The van der Waals surface area contributed by atoms with Crippen LogP contribution in [0.15, 0.2) is 30.3 Å². The van der Waals surface area contributed by atoms with Gasteiger partial charge < -0.3 is 10.1 Å². The van der Waals surface area contributed by atoms with Gasteiger partial charge in [-0.1, -0.05) is 30.3 Å². The van der Waals surface area contributed by atoms with Gasteiger partial charge in [0.2, 0.25) is 0 Å². The number of hydrogen-bond acceptors (Lipinski definition) is 4. The molecule has 0 radical (unpaired) electrons. The summed E-state index contributed by atoms with van der Waals surface area (Å²) in [6, 6.07) is 10.1. The van der Waals surface area contributed by atoms with Gasteiger partial charge in [-0.15, -0.1) is 11.3 Å². The maximum absolute atomic E-state index is 12.7. The van der Waals surface area contributed by atoms with Gasteiger partial charge in [0, 0.05) is 12.6 Å². The predicted octanol–water partition coefficient (Wildman–Crippen LogP) is 3.81. The Balaban J connectivity index is 1.80. The van der Waals surface area contributed by atoms with Crippen LogP contribution in [0.5, 0.6) is 0 Å². The third kappa shape index (κ3) is 3.79. The van der Waals surface area contributed by atoms with Crippen LogP contribution in [0, 0.1) is 6.92 Å². The Kier molecular flexibility index (Phi) is 4.50. The highest BCUT2D eigenvalue weighted by molar-refractivity contribution is 7.15. The average molecular weight is 330 g/mol. The number of nitrogens with one attached hydrogen (secondary N) is 1. The first-order chi connectivity index (χ1) is 10.9. The molecule has 5 heteroatoms. The van der Waals surface area contributed by atoms with Crippen LogP contribution in [0.2, 0.25) is 0 Å². The molecule has 2 aromatic rings. The number of carbonyl (C=O) groups excluding carboxylic acids is 1. The number of carbonyl (C=O) groups is 1. The minimum atomic E-state index is -0.184. The molecular weight excluding hydrogens is 308 g/mol. The fourth-order valence-electron chi connectivity index (χ4n) is 2.97. The Bertz CT molecular complexity index is 694. The summed E-state index contributed by atoms with van der Waals surface area (Å²) in [5.74, 6) is -0.0871. The quantitative estimate of drug-likeness (QED) is 0.931. The smallest absolute Gasteiger partial charge is 0.271 e. The second-order valence-electron chi connectivity index (χ2n) is 6.55. The lowest BCUT2D eigenvalue weighted by Gasteiger charge is -2.35. The molecule has 23 heavy (non-hydrogen) atoms. The lowest BCUT2D eigenvalue weighted by atomic mass is 9.94. The number of ether oxygens (including phenoxy) is 1. The molecule has 0 spiro atoms. The summed E-state index contributed by atoms with van der Waals surface area (Å²) in [7, 11) is 0. The van der Waals surface area contributed by atoms with E-state index >= 15 is 0 Å². The van der Waals surface area contributed by atoms with E-state index in [2.05, 4.69) is 24.1 Å². The first-order valence-electron chi connectivity index (χ1n) is 7.92. The first kappa shape index (κ1) is 16.1. The normalized spacial score (nSPS) is 20.2. The molecule has 1 aromatic carbocycles. The van der Waals surface area contributed by atoms with Crippen molar-refractivity contribution in [3.63, 3.8) is 0 Å². The predicted molar refractivity (Wildman–Crippen MR) is 92.8 cm³/mol. The maximum atomic E-state index is 12.7. The third-order valence-corrected chi connectivity index (χ3v) is 5.04. The van der Waals surface area contributed by atoms with Crippen LogP contribution < -0.4 is 5.32 Å². The molecule has 0 bridgehead atoms. The Labute approximate surface area is 140 Å². The SMILES string of the molecule is Cc1nc(C(=O)N[C@@H]2CCOC(C)(C)C2)c(-c2ccccc2)s1. The van der Waals surface area contributed by atoms with Gasteiger partial charge in [0.15, 0.2) is 0 Å². The summed E-state index contributed by atoms with van der Waals surface area (Å²) in [6.07, 6.45) is 1.67. The highest BCUT2D eigenvalue weighted by atomic mass is 32.1. The average Bonchev–Trinajstić information content (AvgIpc) is 2.89. The van der Waals surface area contributed by atoms with E-state index in [-0.39, 0.29) is 17.6 Å². The van der Waals surface area contributed by atoms with Gasteiger partial charge in [-0.2, -0.15) is 0 Å². The van der Waals surface area contributed by atoms with Gasteiger partial charge in [-0.25, -0.2) is 4.98 Å². The van der Waals surface area contributed by atoms with Crippen molar-refractivity contribution in [3.05, 3.63) is 41.0 Å². The van der Waals surface area contributed by atoms with Gasteiger partial charge >= 0.3 is 0 Å². The summed E-state index contributed by atoms with van der Waals surface area (Å²) in [5, 5.41) is 4.04. The molecule has 1 aliphatic heterocycles. The van der Waals surface area contributed by atoms with Gasteiger partial charge in [0.25, 0.3) is 5.91 Å². The molecule has 1 amide bonds. The van der Waals surface area contributed by atoms with Gasteiger partial charge in [0.1, 0.15) is 5.69 Å². The van der Waals surface area contributed by atoms with Crippen molar-refractivity contribution < 1.29 is 9.53 Å². The highest BCUT2D eigenvalue weighted by Crippen LogP contribution is 2.30. The van der Waals surface area contributed by atoms with E-state index in [0.717, 1.165) is 28.3 Å². The Hall–Kier alpha value is -1.72. The number of nitrogens with zero attached hydrogens (tertiary/aromatic N) is 1. The van der Waals surface area contributed by atoms with E-state index < -0.39 is 0 Å². The Morgan fingerprint density at radius 3 is 2.78 bits per heavy atom. The summed E-state index contributed by atoms with van der Waals surface area (Å²) in [5.41, 5.74) is 1.38. The second-order valence-corrected chi connectivity index (χ2v) is 7.75. The van der Waals surface area contributed by atoms with Gasteiger partial charge in [0.05, 0.1) is 15.5 Å². The molecule has 1 atom stereocenters. The van der Waals surface area contributed by atoms with E-state index in [1.54, 1.807) is 11.3 Å². The Morgan fingerprint density at radius 1 is 1.35 bits per heavy atom. The van der Waals surface area contributed by atoms with Crippen LogP contribution in [0.4, 0.5) is 0 Å². The lowest BCUT2D eigenvalue weighted by molar-refractivity contribution is -0.0615. The zero-order valence-corrected chi connectivity index (χ0v) is 14.6. The topological polar surface area (TPSA) is 51.2 Å². The van der Waals surface area contributed by atoms with Gasteiger partial charge in [-0.05, 0) is 39.2 Å². The molecule has 3 rings (SSSR count). The van der Waals surface area contributed by atoms with Crippen LogP contribution in [0.1, 0.15) is 42.2 Å². The second kappa shape index (κ2) is 6.42. The fourth-order valence-corrected chi connectivity index (χ4v) is 3.90. The van der Waals surface area contributed by atoms with E-state index in [1.165, 1.54) is 0 Å². The molecule has 0 aliphatic carbocycles. The van der Waals surface area contributed by atoms with Crippen molar-refractivity contribution in [3.8, 4) is 10.4 Å². The van der Waals surface area contributed by atoms with Crippen molar-refractivity contribution >= 4 is 17.2 Å². The van der Waals surface area contributed by atoms with Crippen molar-refractivity contribution in [2.24, 2.45) is 0 Å². The van der Waals surface area contributed by atoms with Crippen molar-refractivity contribution in [1.82, 2.24) is 10.3 Å².